The number of nitriles is 2. The van der Waals surface area contributed by atoms with Gasteiger partial charge in [-0.15, -0.1) is 0 Å². The lowest BCUT2D eigenvalue weighted by molar-refractivity contribution is 0.221. The van der Waals surface area contributed by atoms with E-state index in [1.54, 1.807) is 0 Å². The molecule has 3 nitrogen and oxygen atoms in total. The molecule has 0 aromatic rings. The first kappa shape index (κ1) is 13.0. The van der Waals surface area contributed by atoms with E-state index in [1.165, 1.54) is 12.8 Å². The van der Waals surface area contributed by atoms with Gasteiger partial charge in [-0.2, -0.15) is 10.5 Å². The van der Waals surface area contributed by atoms with Crippen LogP contribution >= 0.6 is 0 Å². The molecule has 0 amide bonds. The maximum Gasteiger partial charge on any atom is 0.0669 e. The van der Waals surface area contributed by atoms with Gasteiger partial charge in [-0.25, -0.2) is 0 Å². The van der Waals surface area contributed by atoms with Gasteiger partial charge in [0.05, 0.1) is 18.1 Å². The molecule has 3 heteroatoms. The van der Waals surface area contributed by atoms with Gasteiger partial charge in [0.15, 0.2) is 0 Å². The molecule has 0 aromatic heterocycles. The lowest BCUT2D eigenvalue weighted by atomic mass is 10.0. The van der Waals surface area contributed by atoms with E-state index in [4.69, 9.17) is 10.5 Å². The van der Waals surface area contributed by atoms with Crippen molar-refractivity contribution in [3.8, 4) is 12.1 Å². The molecule has 1 saturated heterocycles. The van der Waals surface area contributed by atoms with E-state index in [2.05, 4.69) is 30.9 Å². The molecule has 3 atom stereocenters. The standard InChI is InChI=1S/C13H21N3/c1-3-13-7-11(2)9-16(13)10-12(8-15)5-4-6-14/h11-13H,3-5,7,9-10H2,1-2H3/t11-,12-,13-/m1/s1. The minimum Gasteiger partial charge on any atom is -0.299 e. The Morgan fingerprint density at radius 1 is 1.44 bits per heavy atom. The summed E-state index contributed by atoms with van der Waals surface area (Å²) in [6.45, 7) is 6.45. The van der Waals surface area contributed by atoms with E-state index >= 15 is 0 Å². The average Bonchev–Trinajstić information content (AvgIpc) is 2.64. The topological polar surface area (TPSA) is 50.8 Å². The van der Waals surface area contributed by atoms with Crippen molar-refractivity contribution in [1.29, 1.82) is 10.5 Å². The molecule has 16 heavy (non-hydrogen) atoms. The average molecular weight is 219 g/mol. The number of hydrogen-bond acceptors (Lipinski definition) is 3. The minimum atomic E-state index is 0.0269. The predicted molar refractivity (Wildman–Crippen MR) is 63.4 cm³/mol. The summed E-state index contributed by atoms with van der Waals surface area (Å²) in [5.74, 6) is 0.777. The maximum absolute atomic E-state index is 9.05. The highest BCUT2D eigenvalue weighted by Gasteiger charge is 2.29. The monoisotopic (exact) mass is 219 g/mol. The first-order chi connectivity index (χ1) is 7.71. The molecule has 1 aliphatic heterocycles. The molecule has 88 valence electrons. The third-order valence-corrected chi connectivity index (χ3v) is 3.45. The maximum atomic E-state index is 9.05. The zero-order valence-corrected chi connectivity index (χ0v) is 10.3. The summed E-state index contributed by atoms with van der Waals surface area (Å²) in [6.07, 6.45) is 3.64. The molecule has 0 N–H and O–H groups in total. The van der Waals surface area contributed by atoms with E-state index in [0.717, 1.165) is 19.0 Å². The summed E-state index contributed by atoms with van der Waals surface area (Å²) in [6, 6.07) is 5.10. The van der Waals surface area contributed by atoms with Crippen molar-refractivity contribution >= 4 is 0 Å². The van der Waals surface area contributed by atoms with Crippen molar-refractivity contribution in [1.82, 2.24) is 4.90 Å². The van der Waals surface area contributed by atoms with Gasteiger partial charge in [0.1, 0.15) is 0 Å². The SMILES string of the molecule is CC[C@@H]1C[C@@H](C)CN1C[C@@H](C#N)CCC#N. The zero-order chi connectivity index (χ0) is 12.0. The number of hydrogen-bond donors (Lipinski definition) is 0. The molecule has 0 unspecified atom stereocenters. The van der Waals surface area contributed by atoms with Crippen LogP contribution in [-0.2, 0) is 0 Å². The predicted octanol–water partition coefficient (Wildman–Crippen LogP) is 2.55. The van der Waals surface area contributed by atoms with E-state index in [1.807, 2.05) is 0 Å². The van der Waals surface area contributed by atoms with Crippen LogP contribution in [0.3, 0.4) is 0 Å². The van der Waals surface area contributed by atoms with E-state index in [-0.39, 0.29) is 5.92 Å². The van der Waals surface area contributed by atoms with E-state index in [9.17, 15) is 0 Å². The Morgan fingerprint density at radius 2 is 2.19 bits per heavy atom. The smallest absolute Gasteiger partial charge is 0.0669 e. The van der Waals surface area contributed by atoms with Crippen molar-refractivity contribution in [3.63, 3.8) is 0 Å². The van der Waals surface area contributed by atoms with Gasteiger partial charge in [-0.1, -0.05) is 13.8 Å². The second-order valence-corrected chi connectivity index (χ2v) is 4.88. The number of nitrogens with zero attached hydrogens (tertiary/aromatic N) is 3. The molecule has 0 aliphatic carbocycles. The number of rotatable bonds is 5. The fraction of sp³-hybridized carbons (Fsp3) is 0.846. The summed E-state index contributed by atoms with van der Waals surface area (Å²) in [5.41, 5.74) is 0. The van der Waals surface area contributed by atoms with Crippen LogP contribution in [0.5, 0.6) is 0 Å². The van der Waals surface area contributed by atoms with E-state index < -0.39 is 0 Å². The third kappa shape index (κ3) is 3.51. The molecule has 0 spiro atoms. The molecule has 1 fully saturated rings. The summed E-state index contributed by atoms with van der Waals surface area (Å²) >= 11 is 0. The van der Waals surface area contributed by atoms with Crippen LogP contribution in [0.15, 0.2) is 0 Å². The Morgan fingerprint density at radius 3 is 2.75 bits per heavy atom. The molecule has 1 aliphatic rings. The quantitative estimate of drug-likeness (QED) is 0.714. The van der Waals surface area contributed by atoms with Crippen molar-refractivity contribution in [2.45, 2.75) is 45.6 Å². The summed E-state index contributed by atoms with van der Waals surface area (Å²) in [7, 11) is 0. The lowest BCUT2D eigenvalue weighted by Crippen LogP contribution is -2.33. The van der Waals surface area contributed by atoms with Crippen LogP contribution < -0.4 is 0 Å². The normalized spacial score (nSPS) is 27.2. The Labute approximate surface area is 98.7 Å². The molecular formula is C13H21N3. The molecule has 1 rings (SSSR count). The van der Waals surface area contributed by atoms with Gasteiger partial charge in [-0.05, 0) is 25.2 Å². The first-order valence-corrected chi connectivity index (χ1v) is 6.21. The van der Waals surface area contributed by atoms with Crippen molar-refractivity contribution in [3.05, 3.63) is 0 Å². The largest absolute Gasteiger partial charge is 0.299 e. The highest BCUT2D eigenvalue weighted by Crippen LogP contribution is 2.26. The fourth-order valence-electron chi connectivity index (χ4n) is 2.60. The highest BCUT2D eigenvalue weighted by atomic mass is 15.2. The van der Waals surface area contributed by atoms with Crippen LogP contribution in [-0.4, -0.2) is 24.0 Å². The van der Waals surface area contributed by atoms with Gasteiger partial charge < -0.3 is 0 Å². The van der Waals surface area contributed by atoms with Gasteiger partial charge in [0.25, 0.3) is 0 Å². The lowest BCUT2D eigenvalue weighted by Gasteiger charge is -2.25. The van der Waals surface area contributed by atoms with Gasteiger partial charge in [0, 0.05) is 25.6 Å². The highest BCUT2D eigenvalue weighted by molar-refractivity contribution is 4.91. The summed E-state index contributed by atoms with van der Waals surface area (Å²) in [4.78, 5) is 2.44. The molecule has 0 radical (unpaired) electrons. The van der Waals surface area contributed by atoms with Crippen LogP contribution in [0.25, 0.3) is 0 Å². The fourth-order valence-corrected chi connectivity index (χ4v) is 2.60. The van der Waals surface area contributed by atoms with Gasteiger partial charge >= 0.3 is 0 Å². The summed E-state index contributed by atoms with van der Waals surface area (Å²) in [5, 5.41) is 17.6. The first-order valence-electron chi connectivity index (χ1n) is 6.21. The van der Waals surface area contributed by atoms with Crippen LogP contribution in [0.1, 0.15) is 39.5 Å². The molecule has 0 aromatic carbocycles. The Kier molecular flexibility index (Phi) is 5.29. The van der Waals surface area contributed by atoms with Crippen LogP contribution in [0, 0.1) is 34.5 Å². The molecule has 1 heterocycles. The van der Waals surface area contributed by atoms with E-state index in [0.29, 0.717) is 18.9 Å². The molecule has 0 bridgehead atoms. The minimum absolute atomic E-state index is 0.0269. The van der Waals surface area contributed by atoms with Gasteiger partial charge in [-0.3, -0.25) is 4.90 Å². The van der Waals surface area contributed by atoms with Crippen molar-refractivity contribution < 1.29 is 0 Å². The Bertz CT molecular complexity index is 287. The number of likely N-dealkylation sites (tertiary alicyclic amines) is 1. The van der Waals surface area contributed by atoms with Crippen molar-refractivity contribution in [2.24, 2.45) is 11.8 Å². The Hall–Kier alpha value is -1.06. The molecular weight excluding hydrogens is 198 g/mol. The van der Waals surface area contributed by atoms with Crippen LogP contribution in [0.2, 0.25) is 0 Å². The van der Waals surface area contributed by atoms with Gasteiger partial charge in [0.2, 0.25) is 0 Å². The Balaban J connectivity index is 2.45. The zero-order valence-electron chi connectivity index (χ0n) is 10.3. The second-order valence-electron chi connectivity index (χ2n) is 4.88. The second kappa shape index (κ2) is 6.51. The summed E-state index contributed by atoms with van der Waals surface area (Å²) < 4.78 is 0. The van der Waals surface area contributed by atoms with Crippen LogP contribution in [0.4, 0.5) is 0 Å². The molecule has 0 saturated carbocycles. The van der Waals surface area contributed by atoms with Crippen molar-refractivity contribution in [2.75, 3.05) is 13.1 Å². The third-order valence-electron chi connectivity index (χ3n) is 3.45.